The maximum atomic E-state index is 12.4. The van der Waals surface area contributed by atoms with Crippen LogP contribution in [-0.2, 0) is 0 Å². The monoisotopic (exact) mass is 416 g/mol. The van der Waals surface area contributed by atoms with Gasteiger partial charge >= 0.3 is 0 Å². The highest BCUT2D eigenvalue weighted by Gasteiger charge is 2.15. The summed E-state index contributed by atoms with van der Waals surface area (Å²) in [6, 6.07) is 14.3. The molecule has 0 saturated heterocycles. The van der Waals surface area contributed by atoms with E-state index in [0.717, 1.165) is 16.6 Å². The molecule has 7 nitrogen and oxygen atoms in total. The van der Waals surface area contributed by atoms with E-state index in [1.807, 2.05) is 32.0 Å². The number of imidazole rings is 1. The number of nitrogens with one attached hydrogen (secondary N) is 2. The number of ether oxygens (including phenoxy) is 1. The summed E-state index contributed by atoms with van der Waals surface area (Å²) in [5.74, 6) is 1.36. The molecule has 0 unspecified atom stereocenters. The number of nitrogens with zero attached hydrogens (tertiary/aromatic N) is 2. The van der Waals surface area contributed by atoms with Crippen molar-refractivity contribution in [3.8, 4) is 34.1 Å². The number of methoxy groups -OCH3 is 1. The Hall–Kier alpha value is -3.87. The number of phenols is 1. The van der Waals surface area contributed by atoms with Crippen LogP contribution in [0.5, 0.6) is 11.6 Å². The molecule has 0 aliphatic carbocycles. The first-order valence-electron chi connectivity index (χ1n) is 10.1. The van der Waals surface area contributed by atoms with Crippen molar-refractivity contribution in [1.29, 1.82) is 0 Å². The summed E-state index contributed by atoms with van der Waals surface area (Å²) in [4.78, 5) is 24.4. The van der Waals surface area contributed by atoms with Gasteiger partial charge < -0.3 is 20.1 Å². The zero-order valence-electron chi connectivity index (χ0n) is 17.6. The van der Waals surface area contributed by atoms with E-state index in [1.54, 1.807) is 43.6 Å². The van der Waals surface area contributed by atoms with Crippen molar-refractivity contribution < 1.29 is 14.6 Å². The molecule has 0 aliphatic rings. The maximum Gasteiger partial charge on any atom is 0.251 e. The average molecular weight is 416 g/mol. The average Bonchev–Trinajstić information content (AvgIpc) is 3.20. The van der Waals surface area contributed by atoms with E-state index in [2.05, 4.69) is 20.3 Å². The number of pyridine rings is 1. The molecule has 0 aliphatic heterocycles. The number of H-pyrrole nitrogens is 1. The molecular formula is C24H24N4O3. The third-order valence-electron chi connectivity index (χ3n) is 4.94. The molecule has 0 radical (unpaired) electrons. The Morgan fingerprint density at radius 1 is 1.16 bits per heavy atom. The number of aromatic amines is 1. The minimum Gasteiger partial charge on any atom is -0.507 e. The van der Waals surface area contributed by atoms with Crippen molar-refractivity contribution in [2.45, 2.75) is 13.8 Å². The van der Waals surface area contributed by atoms with Gasteiger partial charge in [0.25, 0.3) is 5.91 Å². The highest BCUT2D eigenvalue weighted by molar-refractivity contribution is 5.97. The molecule has 0 bridgehead atoms. The number of phenolic OH excluding ortho intramolecular Hbond substituents is 1. The van der Waals surface area contributed by atoms with Crippen molar-refractivity contribution in [3.63, 3.8) is 0 Å². The van der Waals surface area contributed by atoms with Gasteiger partial charge in [0, 0.05) is 23.9 Å². The van der Waals surface area contributed by atoms with Gasteiger partial charge in [-0.2, -0.15) is 0 Å². The first kappa shape index (κ1) is 20.4. The molecule has 2 aromatic carbocycles. The Morgan fingerprint density at radius 2 is 2.00 bits per heavy atom. The summed E-state index contributed by atoms with van der Waals surface area (Å²) in [7, 11) is 1.57. The second-order valence-corrected chi connectivity index (χ2v) is 7.71. The highest BCUT2D eigenvalue weighted by Crippen LogP contribution is 2.35. The second kappa shape index (κ2) is 8.47. The Morgan fingerprint density at radius 3 is 2.77 bits per heavy atom. The number of hydrogen-bond acceptors (Lipinski definition) is 5. The molecule has 158 valence electrons. The number of amides is 1. The van der Waals surface area contributed by atoms with Crippen LogP contribution in [-0.4, -0.2) is 39.6 Å². The first-order valence-corrected chi connectivity index (χ1v) is 10.1. The van der Waals surface area contributed by atoms with Gasteiger partial charge in [-0.1, -0.05) is 19.9 Å². The predicted octanol–water partition coefficient (Wildman–Crippen LogP) is 4.39. The standard InChI is InChI=1S/C24H24N4O3/c1-14(2)13-26-23(30)16-6-8-19-20(12-16)28-22(27-19)18-11-15(7-9-21(18)29)17-5-4-10-25-24(17)31-3/h4-12,14,29H,13H2,1-3H3,(H,26,30)(H,27,28). The van der Waals surface area contributed by atoms with E-state index in [0.29, 0.717) is 40.8 Å². The zero-order chi connectivity index (χ0) is 22.0. The van der Waals surface area contributed by atoms with Crippen LogP contribution in [0.2, 0.25) is 0 Å². The normalized spacial score (nSPS) is 11.1. The molecule has 2 heterocycles. The summed E-state index contributed by atoms with van der Waals surface area (Å²) >= 11 is 0. The Kier molecular flexibility index (Phi) is 5.58. The fourth-order valence-corrected chi connectivity index (χ4v) is 3.34. The first-order chi connectivity index (χ1) is 15.0. The van der Waals surface area contributed by atoms with Crippen molar-refractivity contribution in [3.05, 3.63) is 60.3 Å². The molecular weight excluding hydrogens is 392 g/mol. The Bertz CT molecular complexity index is 1250. The number of carbonyl (C=O) groups is 1. The SMILES string of the molecule is COc1ncccc1-c1ccc(O)c(-c2nc3ccc(C(=O)NCC(C)C)cc3[nH]2)c1. The molecule has 0 atom stereocenters. The number of fused-ring (bicyclic) bond motifs is 1. The lowest BCUT2D eigenvalue weighted by Gasteiger charge is -2.09. The molecule has 3 N–H and O–H groups in total. The minimum absolute atomic E-state index is 0.0977. The van der Waals surface area contributed by atoms with Crippen LogP contribution >= 0.6 is 0 Å². The van der Waals surface area contributed by atoms with Crippen LogP contribution in [0.3, 0.4) is 0 Å². The second-order valence-electron chi connectivity index (χ2n) is 7.71. The van der Waals surface area contributed by atoms with Crippen molar-refractivity contribution in [2.24, 2.45) is 5.92 Å². The van der Waals surface area contributed by atoms with E-state index in [9.17, 15) is 9.90 Å². The summed E-state index contributed by atoms with van der Waals surface area (Å²) in [6.07, 6.45) is 1.66. The van der Waals surface area contributed by atoms with E-state index in [1.165, 1.54) is 0 Å². The van der Waals surface area contributed by atoms with Crippen LogP contribution in [0.4, 0.5) is 0 Å². The molecule has 1 amide bonds. The molecule has 4 rings (SSSR count). The Balaban J connectivity index is 1.71. The van der Waals surface area contributed by atoms with Gasteiger partial charge in [0.15, 0.2) is 0 Å². The zero-order valence-corrected chi connectivity index (χ0v) is 17.6. The molecule has 0 saturated carbocycles. The van der Waals surface area contributed by atoms with Crippen LogP contribution in [0, 0.1) is 5.92 Å². The van der Waals surface area contributed by atoms with Gasteiger partial charge in [0.1, 0.15) is 11.6 Å². The number of aromatic nitrogens is 3. The van der Waals surface area contributed by atoms with Crippen LogP contribution in [0.1, 0.15) is 24.2 Å². The van der Waals surface area contributed by atoms with Crippen molar-refractivity contribution >= 4 is 16.9 Å². The number of rotatable bonds is 6. The molecule has 2 aromatic heterocycles. The minimum atomic E-state index is -0.125. The van der Waals surface area contributed by atoms with Crippen LogP contribution in [0.25, 0.3) is 33.5 Å². The summed E-state index contributed by atoms with van der Waals surface area (Å²) in [6.45, 7) is 4.71. The van der Waals surface area contributed by atoms with Crippen LogP contribution in [0.15, 0.2) is 54.7 Å². The fraction of sp³-hybridized carbons (Fsp3) is 0.208. The summed E-state index contributed by atoms with van der Waals surface area (Å²) < 4.78 is 5.36. The van der Waals surface area contributed by atoms with Crippen molar-refractivity contribution in [2.75, 3.05) is 13.7 Å². The summed E-state index contributed by atoms with van der Waals surface area (Å²) in [5, 5.41) is 13.4. The third-order valence-corrected chi connectivity index (χ3v) is 4.94. The summed E-state index contributed by atoms with van der Waals surface area (Å²) in [5.41, 5.74) is 4.18. The topological polar surface area (TPSA) is 100 Å². The highest BCUT2D eigenvalue weighted by atomic mass is 16.5. The van der Waals surface area contributed by atoms with Gasteiger partial charge in [-0.25, -0.2) is 9.97 Å². The van der Waals surface area contributed by atoms with E-state index in [-0.39, 0.29) is 11.7 Å². The van der Waals surface area contributed by atoms with Crippen LogP contribution < -0.4 is 10.1 Å². The number of benzene rings is 2. The predicted molar refractivity (Wildman–Crippen MR) is 120 cm³/mol. The van der Waals surface area contributed by atoms with E-state index in [4.69, 9.17) is 4.74 Å². The fourth-order valence-electron chi connectivity index (χ4n) is 3.34. The molecule has 4 aromatic rings. The van der Waals surface area contributed by atoms with Gasteiger partial charge in [-0.3, -0.25) is 4.79 Å². The van der Waals surface area contributed by atoms with Gasteiger partial charge in [-0.15, -0.1) is 0 Å². The van der Waals surface area contributed by atoms with Gasteiger partial charge in [-0.05, 0) is 53.9 Å². The lowest BCUT2D eigenvalue weighted by molar-refractivity contribution is 0.0949. The smallest absolute Gasteiger partial charge is 0.251 e. The number of carbonyl (C=O) groups excluding carboxylic acids is 1. The van der Waals surface area contributed by atoms with Gasteiger partial charge in [0.05, 0.1) is 23.7 Å². The molecule has 31 heavy (non-hydrogen) atoms. The van der Waals surface area contributed by atoms with Gasteiger partial charge in [0.2, 0.25) is 5.88 Å². The largest absolute Gasteiger partial charge is 0.507 e. The molecule has 0 fully saturated rings. The quantitative estimate of drug-likeness (QED) is 0.433. The van der Waals surface area contributed by atoms with E-state index < -0.39 is 0 Å². The van der Waals surface area contributed by atoms with Crippen molar-refractivity contribution in [1.82, 2.24) is 20.3 Å². The molecule has 0 spiro atoms. The lowest BCUT2D eigenvalue weighted by Crippen LogP contribution is -2.27. The number of aromatic hydroxyl groups is 1. The lowest BCUT2D eigenvalue weighted by atomic mass is 10.0. The van der Waals surface area contributed by atoms with E-state index >= 15 is 0 Å². The molecule has 7 heteroatoms. The number of hydrogen-bond donors (Lipinski definition) is 3. The maximum absolute atomic E-state index is 12.4. The third kappa shape index (κ3) is 4.21. The Labute approximate surface area is 180 Å².